The number of halogens is 1. The van der Waals surface area contributed by atoms with Crippen molar-refractivity contribution in [3.8, 4) is 11.5 Å². The third-order valence-corrected chi connectivity index (χ3v) is 7.75. The molecular weight excluding hydrogens is 529 g/mol. The largest absolute Gasteiger partial charge is 0.506 e. The van der Waals surface area contributed by atoms with Gasteiger partial charge in [0.25, 0.3) is 11.6 Å². The smallest absolute Gasteiger partial charge is 0.277 e. The van der Waals surface area contributed by atoms with E-state index in [1.807, 2.05) is 47.8 Å². The fourth-order valence-electron chi connectivity index (χ4n) is 2.44. The van der Waals surface area contributed by atoms with E-state index >= 15 is 0 Å². The number of nitro benzene ring substituents is 1. The molecule has 1 aliphatic rings. The zero-order valence-electron chi connectivity index (χ0n) is 14.9. The van der Waals surface area contributed by atoms with Crippen molar-refractivity contribution in [2.45, 2.75) is 4.58 Å². The van der Waals surface area contributed by atoms with Crippen LogP contribution in [0.5, 0.6) is 11.5 Å². The molecule has 2 aromatic rings. The molecule has 1 saturated heterocycles. The first-order chi connectivity index (χ1) is 13.9. The minimum absolute atomic E-state index is 0.128. The van der Waals surface area contributed by atoms with Crippen molar-refractivity contribution in [1.29, 1.82) is 0 Å². The van der Waals surface area contributed by atoms with Gasteiger partial charge >= 0.3 is 0 Å². The highest BCUT2D eigenvalue weighted by Gasteiger charge is 2.18. The lowest BCUT2D eigenvalue weighted by Gasteiger charge is -2.10. The first-order valence-electron chi connectivity index (χ1n) is 8.39. The molecular formula is C18H16IN3O5S2. The maximum Gasteiger partial charge on any atom is 0.277 e. The number of thioether (sulfide) groups is 2. The van der Waals surface area contributed by atoms with Crippen molar-refractivity contribution in [3.05, 3.63) is 61.2 Å². The average molecular weight is 545 g/mol. The number of carbonyl (C=O) groups excluding carboxylic acids is 1. The lowest BCUT2D eigenvalue weighted by atomic mass is 10.2. The third kappa shape index (κ3) is 6.00. The second kappa shape index (κ2) is 10.2. The van der Waals surface area contributed by atoms with E-state index in [0.29, 0.717) is 13.9 Å². The molecule has 2 N–H and O–H groups in total. The summed E-state index contributed by atoms with van der Waals surface area (Å²) >= 11 is 5.62. The van der Waals surface area contributed by atoms with Crippen LogP contribution >= 0.6 is 46.1 Å². The van der Waals surface area contributed by atoms with E-state index in [1.165, 1.54) is 17.7 Å². The topological polar surface area (TPSA) is 114 Å². The van der Waals surface area contributed by atoms with Crippen molar-refractivity contribution in [3.63, 3.8) is 0 Å². The predicted octanol–water partition coefficient (Wildman–Crippen LogP) is 3.91. The summed E-state index contributed by atoms with van der Waals surface area (Å²) in [7, 11) is 0. The van der Waals surface area contributed by atoms with E-state index in [1.54, 1.807) is 22.6 Å². The van der Waals surface area contributed by atoms with Crippen molar-refractivity contribution >= 4 is 63.9 Å². The highest BCUT2D eigenvalue weighted by molar-refractivity contribution is 14.1. The molecule has 0 aliphatic carbocycles. The second-order valence-electron chi connectivity index (χ2n) is 5.85. The number of amides is 1. The number of hydrogen-bond donors (Lipinski definition) is 2. The molecule has 3 rings (SSSR count). The van der Waals surface area contributed by atoms with Gasteiger partial charge in [0.05, 0.1) is 19.3 Å². The molecule has 2 aromatic carbocycles. The molecule has 152 valence electrons. The third-order valence-electron chi connectivity index (χ3n) is 3.83. The number of non-ortho nitro benzene ring substituents is 1. The van der Waals surface area contributed by atoms with E-state index in [2.05, 4.69) is 10.5 Å². The number of carbonyl (C=O) groups is 1. The van der Waals surface area contributed by atoms with Gasteiger partial charge in [-0.2, -0.15) is 5.10 Å². The summed E-state index contributed by atoms with van der Waals surface area (Å²) in [6, 6.07) is 10.1. The standard InChI is InChI=1S/C18H16IN3O5S2/c19-15-8-13(22(25)26)7-12(17(15)24)9-20-21-16(23)10-27-14-3-1-11(2-4-14)18-28-5-6-29-18/h1-4,7-9,18,24H,5-6,10H2,(H,21,23)/b20-9-. The van der Waals surface area contributed by atoms with Crippen LogP contribution in [-0.4, -0.2) is 40.3 Å². The summed E-state index contributed by atoms with van der Waals surface area (Å²) in [5.74, 6) is 2.24. The molecule has 1 amide bonds. The average Bonchev–Trinajstić information content (AvgIpc) is 3.24. The number of hydrogen-bond acceptors (Lipinski definition) is 8. The van der Waals surface area contributed by atoms with Gasteiger partial charge in [-0.15, -0.1) is 23.5 Å². The highest BCUT2D eigenvalue weighted by atomic mass is 127. The van der Waals surface area contributed by atoms with Crippen LogP contribution in [-0.2, 0) is 4.79 Å². The molecule has 1 heterocycles. The fraction of sp³-hybridized carbons (Fsp3) is 0.222. The second-order valence-corrected chi connectivity index (χ2v) is 9.73. The number of phenolic OH excluding ortho intramolecular Hbond substituents is 1. The predicted molar refractivity (Wildman–Crippen MR) is 123 cm³/mol. The molecule has 0 radical (unpaired) electrons. The van der Waals surface area contributed by atoms with Crippen LogP contribution in [0, 0.1) is 13.7 Å². The van der Waals surface area contributed by atoms with Crippen LogP contribution in [0.2, 0.25) is 0 Å². The van der Waals surface area contributed by atoms with E-state index in [0.717, 1.165) is 17.7 Å². The summed E-state index contributed by atoms with van der Waals surface area (Å²) in [6.07, 6.45) is 1.15. The van der Waals surface area contributed by atoms with Crippen LogP contribution in [0.25, 0.3) is 0 Å². The van der Waals surface area contributed by atoms with Crippen LogP contribution in [0.4, 0.5) is 5.69 Å². The lowest BCUT2D eigenvalue weighted by Crippen LogP contribution is -2.24. The van der Waals surface area contributed by atoms with Gasteiger partial charge < -0.3 is 9.84 Å². The summed E-state index contributed by atoms with van der Waals surface area (Å²) in [4.78, 5) is 22.2. The van der Waals surface area contributed by atoms with Gasteiger partial charge in [-0.05, 0) is 40.3 Å². The molecule has 1 fully saturated rings. The number of aromatic hydroxyl groups is 1. The van der Waals surface area contributed by atoms with Crippen LogP contribution < -0.4 is 10.2 Å². The zero-order chi connectivity index (χ0) is 20.8. The molecule has 8 nitrogen and oxygen atoms in total. The molecule has 0 bridgehead atoms. The molecule has 0 spiro atoms. The van der Waals surface area contributed by atoms with Crippen molar-refractivity contribution in [2.24, 2.45) is 5.10 Å². The minimum atomic E-state index is -0.569. The Morgan fingerprint density at radius 2 is 2.03 bits per heavy atom. The Hall–Kier alpha value is -1.99. The zero-order valence-corrected chi connectivity index (χ0v) is 18.7. The first-order valence-corrected chi connectivity index (χ1v) is 11.6. The number of nitrogens with one attached hydrogen (secondary N) is 1. The number of ether oxygens (including phenoxy) is 1. The normalized spacial score (nSPS) is 14.2. The number of rotatable bonds is 7. The molecule has 0 unspecified atom stereocenters. The number of nitrogens with zero attached hydrogens (tertiary/aromatic N) is 2. The van der Waals surface area contributed by atoms with Crippen molar-refractivity contribution in [1.82, 2.24) is 5.43 Å². The van der Waals surface area contributed by atoms with Gasteiger partial charge in [-0.25, -0.2) is 5.43 Å². The Morgan fingerprint density at radius 1 is 1.34 bits per heavy atom. The summed E-state index contributed by atoms with van der Waals surface area (Å²) in [6.45, 7) is -0.234. The van der Waals surface area contributed by atoms with Gasteiger partial charge in [0.1, 0.15) is 11.5 Å². The molecule has 0 saturated carbocycles. The van der Waals surface area contributed by atoms with Gasteiger partial charge in [-0.3, -0.25) is 14.9 Å². The van der Waals surface area contributed by atoms with E-state index in [4.69, 9.17) is 4.74 Å². The number of benzene rings is 2. The summed E-state index contributed by atoms with van der Waals surface area (Å²) < 4.78 is 6.21. The van der Waals surface area contributed by atoms with E-state index in [-0.39, 0.29) is 23.6 Å². The van der Waals surface area contributed by atoms with Gasteiger partial charge in [-0.1, -0.05) is 12.1 Å². The SMILES string of the molecule is O=C(COc1ccc(C2SCCS2)cc1)N/N=C\c1cc([N+](=O)[O-])cc(I)c1O. The van der Waals surface area contributed by atoms with E-state index in [9.17, 15) is 20.0 Å². The molecule has 1 aliphatic heterocycles. The minimum Gasteiger partial charge on any atom is -0.506 e. The molecule has 29 heavy (non-hydrogen) atoms. The van der Waals surface area contributed by atoms with Crippen LogP contribution in [0.1, 0.15) is 15.7 Å². The fourth-order valence-corrected chi connectivity index (χ4v) is 5.93. The molecule has 0 aromatic heterocycles. The Labute approximate surface area is 188 Å². The van der Waals surface area contributed by atoms with Crippen LogP contribution in [0.15, 0.2) is 41.5 Å². The molecule has 11 heteroatoms. The summed E-state index contributed by atoms with van der Waals surface area (Å²) in [5, 5.41) is 24.6. The van der Waals surface area contributed by atoms with Crippen molar-refractivity contribution in [2.75, 3.05) is 18.1 Å². The summed E-state index contributed by atoms with van der Waals surface area (Å²) in [5.41, 5.74) is 3.44. The lowest BCUT2D eigenvalue weighted by molar-refractivity contribution is -0.385. The number of phenols is 1. The van der Waals surface area contributed by atoms with E-state index < -0.39 is 10.8 Å². The molecule has 0 atom stereocenters. The number of nitro groups is 1. The van der Waals surface area contributed by atoms with Gasteiger partial charge in [0, 0.05) is 29.2 Å². The highest BCUT2D eigenvalue weighted by Crippen LogP contribution is 2.45. The van der Waals surface area contributed by atoms with Crippen molar-refractivity contribution < 1.29 is 19.6 Å². The Bertz CT molecular complexity index is 934. The quantitative estimate of drug-likeness (QED) is 0.235. The van der Waals surface area contributed by atoms with Crippen LogP contribution in [0.3, 0.4) is 0 Å². The monoisotopic (exact) mass is 545 g/mol. The van der Waals surface area contributed by atoms with Gasteiger partial charge in [0.2, 0.25) is 0 Å². The first kappa shape index (κ1) is 21.7. The maximum absolute atomic E-state index is 11.9. The Morgan fingerprint density at radius 3 is 2.69 bits per heavy atom. The maximum atomic E-state index is 11.9. The van der Waals surface area contributed by atoms with Gasteiger partial charge in [0.15, 0.2) is 6.61 Å². The Kier molecular flexibility index (Phi) is 7.61. The number of hydrazone groups is 1. The Balaban J connectivity index is 1.51.